The smallest absolute Gasteiger partial charge is 0.242 e. The van der Waals surface area contributed by atoms with Crippen molar-refractivity contribution in [3.05, 3.63) is 35.4 Å². The zero-order chi connectivity index (χ0) is 17.6. The average molecular weight is 314 g/mol. The molecule has 4 rings (SSSR count). The molecule has 1 aromatic carbocycles. The Kier molecular flexibility index (Phi) is 3.27. The molecule has 1 aliphatic carbocycles. The van der Waals surface area contributed by atoms with Crippen LogP contribution in [0.5, 0.6) is 0 Å². The maximum Gasteiger partial charge on any atom is 0.242 e. The second-order valence-corrected chi connectivity index (χ2v) is 6.79. The molecule has 0 radical (unpaired) electrons. The lowest BCUT2D eigenvalue weighted by atomic mass is 9.87. The Labute approximate surface area is 140 Å². The Balaban J connectivity index is 1.52. The Morgan fingerprint density at radius 2 is 2.00 bits per heavy atom. The van der Waals surface area contributed by atoms with Gasteiger partial charge in [0, 0.05) is 21.7 Å². The van der Waals surface area contributed by atoms with Gasteiger partial charge < -0.3 is 9.80 Å². The molecular weight excluding hydrogens is 288 g/mol. The first-order valence-corrected chi connectivity index (χ1v) is 8.61. The number of amides is 2. The predicted octanol–water partition coefficient (Wildman–Crippen LogP) is 2.53. The van der Waals surface area contributed by atoms with Gasteiger partial charge in [-0.15, -0.1) is 0 Å². The molecule has 2 aliphatic heterocycles. The summed E-state index contributed by atoms with van der Waals surface area (Å²) in [7, 11) is 0. The largest absolute Gasteiger partial charge is 0.332 e. The van der Waals surface area contributed by atoms with E-state index in [2.05, 4.69) is 12.1 Å². The van der Waals surface area contributed by atoms with Crippen LogP contribution in [-0.2, 0) is 16.0 Å². The van der Waals surface area contributed by atoms with Gasteiger partial charge >= 0.3 is 0 Å². The molecule has 3 aliphatic rings. The fourth-order valence-corrected chi connectivity index (χ4v) is 4.17. The van der Waals surface area contributed by atoms with Gasteiger partial charge in [-0.2, -0.15) is 0 Å². The van der Waals surface area contributed by atoms with Crippen LogP contribution in [0.25, 0.3) is 0 Å². The quantitative estimate of drug-likeness (QED) is 0.799. The summed E-state index contributed by atoms with van der Waals surface area (Å²) < 4.78 is 15.6. The van der Waals surface area contributed by atoms with Gasteiger partial charge in [0.1, 0.15) is 0 Å². The predicted molar refractivity (Wildman–Crippen MR) is 87.8 cm³/mol. The van der Waals surface area contributed by atoms with E-state index in [1.54, 1.807) is 4.90 Å². The number of fused-ring (bicyclic) bond motifs is 3. The van der Waals surface area contributed by atoms with E-state index < -0.39 is 6.37 Å². The SMILES string of the molecule is [2H]C1([2H])CCC(C(=O)N2CC(=O)N3CCc4ccccc4[C@@H]3C2)CC1. The fraction of sp³-hybridized carbons (Fsp3) is 0.579. The molecular formula is C19H24N2O2. The van der Waals surface area contributed by atoms with Crippen LogP contribution in [0.1, 0.15) is 52.0 Å². The van der Waals surface area contributed by atoms with Crippen molar-refractivity contribution in [1.29, 1.82) is 0 Å². The molecule has 23 heavy (non-hydrogen) atoms. The van der Waals surface area contributed by atoms with Crippen LogP contribution in [0.2, 0.25) is 0 Å². The standard InChI is InChI=1S/C19H24N2O2/c22-18-13-20(19(23)15-7-2-1-3-8-15)12-17-16-9-5-4-6-14(16)10-11-21(17)18/h4-6,9,15,17H,1-3,7-8,10-13H2/t17-/m0/s1/i1D2. The minimum atomic E-state index is -1.15. The van der Waals surface area contributed by atoms with Crippen molar-refractivity contribution >= 4 is 11.8 Å². The summed E-state index contributed by atoms with van der Waals surface area (Å²) in [6.45, 7) is 1.46. The Morgan fingerprint density at radius 1 is 1.22 bits per heavy atom. The van der Waals surface area contributed by atoms with Gasteiger partial charge in [-0.05, 0) is 30.4 Å². The molecule has 0 aromatic heterocycles. The number of rotatable bonds is 1. The van der Waals surface area contributed by atoms with E-state index in [4.69, 9.17) is 2.74 Å². The van der Waals surface area contributed by atoms with E-state index >= 15 is 0 Å². The van der Waals surface area contributed by atoms with Crippen LogP contribution >= 0.6 is 0 Å². The number of piperazine rings is 1. The van der Waals surface area contributed by atoms with Gasteiger partial charge in [-0.1, -0.05) is 43.5 Å². The molecule has 0 spiro atoms. The first kappa shape index (κ1) is 12.6. The highest BCUT2D eigenvalue weighted by Crippen LogP contribution is 2.34. The van der Waals surface area contributed by atoms with E-state index in [1.165, 1.54) is 11.1 Å². The highest BCUT2D eigenvalue weighted by molar-refractivity contribution is 5.87. The molecule has 0 bridgehead atoms. The third-order valence-electron chi connectivity index (χ3n) is 5.45. The van der Waals surface area contributed by atoms with Crippen LogP contribution in [0.3, 0.4) is 0 Å². The molecule has 2 amide bonds. The van der Waals surface area contributed by atoms with Crippen molar-refractivity contribution < 1.29 is 12.3 Å². The first-order valence-electron chi connectivity index (χ1n) is 9.61. The van der Waals surface area contributed by atoms with Crippen LogP contribution < -0.4 is 0 Å². The maximum absolute atomic E-state index is 12.9. The highest BCUT2D eigenvalue weighted by Gasteiger charge is 2.39. The number of hydrogen-bond donors (Lipinski definition) is 0. The van der Waals surface area contributed by atoms with Gasteiger partial charge in [-0.25, -0.2) is 0 Å². The summed E-state index contributed by atoms with van der Waals surface area (Å²) in [6.07, 6.45) is 1.77. The van der Waals surface area contributed by atoms with Gasteiger partial charge in [0.05, 0.1) is 12.6 Å². The lowest BCUT2D eigenvalue weighted by Crippen LogP contribution is -2.56. The molecule has 122 valence electrons. The number of carbonyl (C=O) groups is 2. The van der Waals surface area contributed by atoms with E-state index in [9.17, 15) is 9.59 Å². The van der Waals surface area contributed by atoms with E-state index in [1.807, 2.05) is 17.0 Å². The summed E-state index contributed by atoms with van der Waals surface area (Å²) in [5.74, 6) is -0.0705. The van der Waals surface area contributed by atoms with Crippen LogP contribution in [0.4, 0.5) is 0 Å². The Hall–Kier alpha value is -1.84. The molecule has 1 saturated heterocycles. The first-order chi connectivity index (χ1) is 11.9. The number of carbonyl (C=O) groups excluding carboxylic acids is 2. The van der Waals surface area contributed by atoms with Gasteiger partial charge in [0.25, 0.3) is 0 Å². The lowest BCUT2D eigenvalue weighted by molar-refractivity contribution is -0.152. The molecule has 4 heteroatoms. The normalized spacial score (nSPS) is 28.5. The minimum Gasteiger partial charge on any atom is -0.332 e. The molecule has 1 aromatic rings. The third kappa shape index (κ3) is 2.64. The number of nitrogens with zero attached hydrogens (tertiary/aromatic N) is 2. The molecule has 1 atom stereocenters. The lowest BCUT2D eigenvalue weighted by Gasteiger charge is -2.45. The third-order valence-corrected chi connectivity index (χ3v) is 5.45. The van der Waals surface area contributed by atoms with Crippen molar-refractivity contribution in [3.8, 4) is 0 Å². The van der Waals surface area contributed by atoms with Crippen molar-refractivity contribution in [2.24, 2.45) is 5.92 Å². The van der Waals surface area contributed by atoms with Gasteiger partial charge in [0.15, 0.2) is 0 Å². The summed E-state index contributed by atoms with van der Waals surface area (Å²) in [6, 6.07) is 8.17. The number of benzene rings is 1. The summed E-state index contributed by atoms with van der Waals surface area (Å²) in [4.78, 5) is 29.2. The van der Waals surface area contributed by atoms with Crippen molar-refractivity contribution in [2.75, 3.05) is 19.6 Å². The van der Waals surface area contributed by atoms with Crippen molar-refractivity contribution in [3.63, 3.8) is 0 Å². The van der Waals surface area contributed by atoms with Crippen molar-refractivity contribution in [1.82, 2.24) is 9.80 Å². The monoisotopic (exact) mass is 314 g/mol. The van der Waals surface area contributed by atoms with Crippen molar-refractivity contribution in [2.45, 2.75) is 44.5 Å². The zero-order valence-electron chi connectivity index (χ0n) is 15.3. The zero-order valence-corrected chi connectivity index (χ0v) is 13.3. The molecule has 0 N–H and O–H groups in total. The average Bonchev–Trinajstić information content (AvgIpc) is 2.61. The minimum absolute atomic E-state index is 0.0326. The van der Waals surface area contributed by atoms with Crippen LogP contribution in [-0.4, -0.2) is 41.2 Å². The van der Waals surface area contributed by atoms with E-state index in [0.717, 1.165) is 13.0 Å². The highest BCUT2D eigenvalue weighted by atomic mass is 16.2. The van der Waals surface area contributed by atoms with E-state index in [-0.39, 0.29) is 30.3 Å². The van der Waals surface area contributed by atoms with Crippen LogP contribution in [0.15, 0.2) is 24.3 Å². The Morgan fingerprint density at radius 3 is 2.83 bits per heavy atom. The van der Waals surface area contributed by atoms with Crippen LogP contribution in [0, 0.1) is 5.92 Å². The maximum atomic E-state index is 12.9. The molecule has 1 saturated carbocycles. The molecule has 4 nitrogen and oxygen atoms in total. The molecule has 2 heterocycles. The second kappa shape index (κ2) is 5.99. The number of hydrogen-bond acceptors (Lipinski definition) is 2. The Bertz CT molecular complexity index is 696. The molecule has 0 unspecified atom stereocenters. The van der Waals surface area contributed by atoms with Gasteiger partial charge in [-0.3, -0.25) is 9.59 Å². The summed E-state index contributed by atoms with van der Waals surface area (Å²) in [5, 5.41) is 0. The topological polar surface area (TPSA) is 40.6 Å². The fourth-order valence-electron chi connectivity index (χ4n) is 4.17. The summed E-state index contributed by atoms with van der Waals surface area (Å²) in [5.41, 5.74) is 2.44. The molecule has 2 fully saturated rings. The second-order valence-electron chi connectivity index (χ2n) is 6.79. The van der Waals surface area contributed by atoms with E-state index in [0.29, 0.717) is 32.2 Å². The van der Waals surface area contributed by atoms with Gasteiger partial charge in [0.2, 0.25) is 11.8 Å². The summed E-state index contributed by atoms with van der Waals surface area (Å²) >= 11 is 0.